The summed E-state index contributed by atoms with van der Waals surface area (Å²) in [4.78, 5) is 4.74. The number of rotatable bonds is 4. The summed E-state index contributed by atoms with van der Waals surface area (Å²) in [5.74, 6) is 1.02. The number of aromatic nitrogens is 2. The number of benzene rings is 2. The molecule has 0 unspecified atom stereocenters. The molecule has 0 saturated carbocycles. The number of aryl methyl sites for hydroxylation is 3. The summed E-state index contributed by atoms with van der Waals surface area (Å²) in [6.45, 7) is 19.4. The Morgan fingerprint density at radius 3 is 2.19 bits per heavy atom. The van der Waals surface area contributed by atoms with E-state index in [-0.39, 0.29) is 5.41 Å². The maximum absolute atomic E-state index is 4.74. The van der Waals surface area contributed by atoms with Crippen molar-refractivity contribution in [1.29, 1.82) is 0 Å². The van der Waals surface area contributed by atoms with Gasteiger partial charge in [-0.1, -0.05) is 62.7 Å². The highest BCUT2D eigenvalue weighted by atomic mass is 15.1. The fourth-order valence-corrected chi connectivity index (χ4v) is 3.69. The highest BCUT2D eigenvalue weighted by Crippen LogP contribution is 2.36. The molecular weight excluding hydrogens is 328 g/mol. The van der Waals surface area contributed by atoms with Crippen LogP contribution in [0.15, 0.2) is 61.9 Å². The molecule has 0 saturated heterocycles. The van der Waals surface area contributed by atoms with Gasteiger partial charge in [-0.15, -0.1) is 13.2 Å². The van der Waals surface area contributed by atoms with Crippen molar-refractivity contribution < 1.29 is 0 Å². The van der Waals surface area contributed by atoms with Gasteiger partial charge in [0.25, 0.3) is 0 Å². The molecule has 2 heteroatoms. The van der Waals surface area contributed by atoms with Crippen molar-refractivity contribution in [2.75, 3.05) is 0 Å². The van der Waals surface area contributed by atoms with Crippen LogP contribution in [-0.2, 0) is 5.41 Å². The summed E-state index contributed by atoms with van der Waals surface area (Å²) < 4.78 is 2.24. The minimum Gasteiger partial charge on any atom is -0.299 e. The van der Waals surface area contributed by atoms with Crippen molar-refractivity contribution in [2.45, 2.75) is 53.4 Å². The topological polar surface area (TPSA) is 17.8 Å². The molecule has 1 heterocycles. The molecule has 0 atom stereocenters. The van der Waals surface area contributed by atoms with E-state index in [9.17, 15) is 0 Å². The molecule has 0 aliphatic carbocycles. The van der Waals surface area contributed by atoms with Crippen LogP contribution in [0.2, 0.25) is 0 Å². The second kappa shape index (κ2) is 8.39. The Hall–Kier alpha value is -2.61. The lowest BCUT2D eigenvalue weighted by Gasteiger charge is -2.26. The minimum atomic E-state index is 0.116. The van der Waals surface area contributed by atoms with Crippen LogP contribution in [0.4, 0.5) is 0 Å². The second-order valence-corrected chi connectivity index (χ2v) is 7.65. The first-order chi connectivity index (χ1) is 12.8. The van der Waals surface area contributed by atoms with E-state index in [4.69, 9.17) is 4.98 Å². The van der Waals surface area contributed by atoms with Gasteiger partial charge in [-0.3, -0.25) is 4.57 Å². The zero-order valence-corrected chi connectivity index (χ0v) is 17.6. The van der Waals surface area contributed by atoms with Gasteiger partial charge in [-0.05, 0) is 49.3 Å². The predicted octanol–water partition coefficient (Wildman–Crippen LogP) is 6.95. The number of hydrogen-bond acceptors (Lipinski definition) is 1. The highest BCUT2D eigenvalue weighted by molar-refractivity contribution is 5.66. The molecule has 0 bridgehead atoms. The lowest BCUT2D eigenvalue weighted by atomic mass is 9.79. The molecule has 0 spiro atoms. The second-order valence-electron chi connectivity index (χ2n) is 7.65. The van der Waals surface area contributed by atoms with E-state index < -0.39 is 0 Å². The average Bonchev–Trinajstić information content (AvgIpc) is 3.11. The maximum Gasteiger partial charge on any atom is 0.144 e. The molecule has 0 aliphatic rings. The molecule has 0 radical (unpaired) electrons. The summed E-state index contributed by atoms with van der Waals surface area (Å²) >= 11 is 0. The molecule has 2 nitrogen and oxygen atoms in total. The van der Waals surface area contributed by atoms with Gasteiger partial charge in [-0.2, -0.15) is 0 Å². The lowest BCUT2D eigenvalue weighted by Crippen LogP contribution is -2.17. The van der Waals surface area contributed by atoms with Gasteiger partial charge in [0.2, 0.25) is 0 Å². The third kappa shape index (κ3) is 4.05. The van der Waals surface area contributed by atoms with Crippen LogP contribution in [0.1, 0.15) is 49.4 Å². The molecule has 0 aliphatic heterocycles. The lowest BCUT2D eigenvalue weighted by molar-refractivity contribution is 0.507. The zero-order valence-electron chi connectivity index (χ0n) is 17.6. The van der Waals surface area contributed by atoms with E-state index in [0.717, 1.165) is 12.2 Å². The molecule has 0 amide bonds. The third-order valence-corrected chi connectivity index (χ3v) is 5.30. The van der Waals surface area contributed by atoms with E-state index in [1.165, 1.54) is 33.5 Å². The molecular formula is C25H32N2. The SMILES string of the molecule is C=C.CCC(C)(C)c1ccccc1-c1nccn1-c1c(C)cc(C)cc1C. The van der Waals surface area contributed by atoms with E-state index in [1.807, 2.05) is 6.20 Å². The Morgan fingerprint density at radius 1 is 1.00 bits per heavy atom. The van der Waals surface area contributed by atoms with E-state index in [1.54, 1.807) is 0 Å². The van der Waals surface area contributed by atoms with Crippen molar-refractivity contribution in [3.8, 4) is 17.1 Å². The largest absolute Gasteiger partial charge is 0.299 e. The van der Waals surface area contributed by atoms with Crippen LogP contribution >= 0.6 is 0 Å². The van der Waals surface area contributed by atoms with Crippen LogP contribution in [-0.4, -0.2) is 9.55 Å². The fourth-order valence-electron chi connectivity index (χ4n) is 3.69. The summed E-state index contributed by atoms with van der Waals surface area (Å²) in [7, 11) is 0. The number of nitrogens with zero attached hydrogens (tertiary/aromatic N) is 2. The standard InChI is InChI=1S/C23H28N2.C2H4/c1-7-23(5,6)20-11-9-8-10-19(20)22-24-12-13-25(22)21-17(3)14-16(2)15-18(21)4;1-2/h8-15H,7H2,1-6H3;1-2H2. The van der Waals surface area contributed by atoms with E-state index in [2.05, 4.69) is 102 Å². The third-order valence-electron chi connectivity index (χ3n) is 5.30. The van der Waals surface area contributed by atoms with Crippen molar-refractivity contribution in [3.63, 3.8) is 0 Å². The molecule has 142 valence electrons. The maximum atomic E-state index is 4.74. The number of imidazole rings is 1. The van der Waals surface area contributed by atoms with Crippen molar-refractivity contribution in [2.24, 2.45) is 0 Å². The first-order valence-electron chi connectivity index (χ1n) is 9.56. The summed E-state index contributed by atoms with van der Waals surface area (Å²) in [6.07, 6.45) is 5.08. The van der Waals surface area contributed by atoms with Crippen molar-refractivity contribution >= 4 is 0 Å². The molecule has 0 fully saturated rings. The van der Waals surface area contributed by atoms with Gasteiger partial charge >= 0.3 is 0 Å². The zero-order chi connectivity index (χ0) is 20.2. The van der Waals surface area contributed by atoms with Gasteiger partial charge in [0, 0.05) is 18.0 Å². The minimum absolute atomic E-state index is 0.116. The van der Waals surface area contributed by atoms with Crippen LogP contribution in [0, 0.1) is 20.8 Å². The fraction of sp³-hybridized carbons (Fsp3) is 0.320. The molecule has 1 aromatic heterocycles. The van der Waals surface area contributed by atoms with Crippen LogP contribution < -0.4 is 0 Å². The van der Waals surface area contributed by atoms with Crippen LogP contribution in [0.5, 0.6) is 0 Å². The summed E-state index contributed by atoms with van der Waals surface area (Å²) in [6, 6.07) is 13.2. The Kier molecular flexibility index (Phi) is 6.43. The first kappa shape index (κ1) is 20.7. The van der Waals surface area contributed by atoms with Gasteiger partial charge in [0.1, 0.15) is 5.82 Å². The van der Waals surface area contributed by atoms with E-state index in [0.29, 0.717) is 0 Å². The Balaban J connectivity index is 0.00000126. The quantitative estimate of drug-likeness (QED) is 0.460. The van der Waals surface area contributed by atoms with Crippen molar-refractivity contribution in [1.82, 2.24) is 9.55 Å². The molecule has 0 N–H and O–H groups in total. The molecule has 3 rings (SSSR count). The van der Waals surface area contributed by atoms with E-state index >= 15 is 0 Å². The molecule has 2 aromatic carbocycles. The Bertz CT molecular complexity index is 893. The summed E-state index contributed by atoms with van der Waals surface area (Å²) in [5.41, 5.74) is 7.79. The van der Waals surface area contributed by atoms with Gasteiger partial charge in [-0.25, -0.2) is 4.98 Å². The monoisotopic (exact) mass is 360 g/mol. The van der Waals surface area contributed by atoms with Crippen LogP contribution in [0.25, 0.3) is 17.1 Å². The summed E-state index contributed by atoms with van der Waals surface area (Å²) in [5, 5.41) is 0. The van der Waals surface area contributed by atoms with Gasteiger partial charge in [0.05, 0.1) is 5.69 Å². The molecule has 27 heavy (non-hydrogen) atoms. The predicted molar refractivity (Wildman–Crippen MR) is 118 cm³/mol. The molecule has 3 aromatic rings. The van der Waals surface area contributed by atoms with Crippen molar-refractivity contribution in [3.05, 3.63) is 84.2 Å². The van der Waals surface area contributed by atoms with Gasteiger partial charge in [0.15, 0.2) is 0 Å². The van der Waals surface area contributed by atoms with Gasteiger partial charge < -0.3 is 0 Å². The normalized spacial score (nSPS) is 11.0. The average molecular weight is 361 g/mol. The number of hydrogen-bond donors (Lipinski definition) is 0. The van der Waals surface area contributed by atoms with Crippen LogP contribution in [0.3, 0.4) is 0 Å². The first-order valence-corrected chi connectivity index (χ1v) is 9.56. The Labute approximate surface area is 164 Å². The Morgan fingerprint density at radius 2 is 1.59 bits per heavy atom. The smallest absolute Gasteiger partial charge is 0.144 e. The highest BCUT2D eigenvalue weighted by Gasteiger charge is 2.24.